The van der Waals surface area contributed by atoms with Gasteiger partial charge in [0.05, 0.1) is 21.5 Å². The molecular weight excluding hydrogens is 417 g/mol. The predicted molar refractivity (Wildman–Crippen MR) is 109 cm³/mol. The topological polar surface area (TPSA) is 79.4 Å². The average Bonchev–Trinajstić information content (AvgIpc) is 3.20. The summed E-state index contributed by atoms with van der Waals surface area (Å²) in [5, 5.41) is 3.05. The fourth-order valence-electron chi connectivity index (χ4n) is 3.77. The van der Waals surface area contributed by atoms with Crippen molar-refractivity contribution in [3.8, 4) is 0 Å². The number of aromatic nitrogens is 1. The van der Waals surface area contributed by atoms with Gasteiger partial charge in [0.2, 0.25) is 11.8 Å². The quantitative estimate of drug-likeness (QED) is 0.787. The van der Waals surface area contributed by atoms with E-state index in [1.807, 2.05) is 13.8 Å². The summed E-state index contributed by atoms with van der Waals surface area (Å²) < 4.78 is 13.4. The fraction of sp³-hybridized carbons (Fsp3) is 0.400. The van der Waals surface area contributed by atoms with E-state index >= 15 is 0 Å². The molecule has 1 aliphatic carbocycles. The summed E-state index contributed by atoms with van der Waals surface area (Å²) in [5.74, 6) is -1.65. The first kappa shape index (κ1) is 20.0. The number of Topliss-reactive ketones (excluding diaryl/α,β-unsaturated/α-hetero) is 1. The molecule has 152 valence electrons. The zero-order chi connectivity index (χ0) is 20.9. The lowest BCUT2D eigenvalue weighted by Gasteiger charge is -2.26. The number of carbonyl (C=O) groups is 3. The molecule has 1 unspecified atom stereocenters. The van der Waals surface area contributed by atoms with Crippen LogP contribution in [0.25, 0.3) is 0 Å². The third kappa shape index (κ3) is 3.91. The number of hydrogen-bond acceptors (Lipinski definition) is 5. The van der Waals surface area contributed by atoms with Gasteiger partial charge < -0.3 is 10.2 Å². The minimum atomic E-state index is -0.570. The van der Waals surface area contributed by atoms with Crippen molar-refractivity contribution in [1.82, 2.24) is 4.98 Å². The van der Waals surface area contributed by atoms with Gasteiger partial charge in [0.15, 0.2) is 10.9 Å². The van der Waals surface area contributed by atoms with Crippen molar-refractivity contribution in [1.29, 1.82) is 0 Å². The van der Waals surface area contributed by atoms with Crippen molar-refractivity contribution in [3.05, 3.63) is 39.6 Å². The molecule has 1 aromatic carbocycles. The van der Waals surface area contributed by atoms with E-state index in [4.69, 9.17) is 11.6 Å². The molecule has 1 N–H and O–H groups in total. The Morgan fingerprint density at radius 3 is 2.83 bits per heavy atom. The average molecular weight is 436 g/mol. The number of ketones is 1. The minimum absolute atomic E-state index is 0.0396. The van der Waals surface area contributed by atoms with Crippen LogP contribution < -0.4 is 10.2 Å². The van der Waals surface area contributed by atoms with E-state index in [9.17, 15) is 18.8 Å². The highest BCUT2D eigenvalue weighted by atomic mass is 35.5. The second-order valence-corrected chi connectivity index (χ2v) is 9.64. The molecule has 0 spiro atoms. The minimum Gasteiger partial charge on any atom is -0.312 e. The molecule has 2 heterocycles. The van der Waals surface area contributed by atoms with Crippen LogP contribution in [0, 0.1) is 17.2 Å². The summed E-state index contributed by atoms with van der Waals surface area (Å²) in [4.78, 5) is 43.8. The van der Waals surface area contributed by atoms with Crippen LogP contribution in [0.15, 0.2) is 18.2 Å². The molecule has 2 amide bonds. The number of amides is 2. The summed E-state index contributed by atoms with van der Waals surface area (Å²) in [6.45, 7) is 4.21. The number of rotatable bonds is 3. The Labute approximate surface area is 176 Å². The summed E-state index contributed by atoms with van der Waals surface area (Å²) in [5.41, 5.74) is 1.03. The number of fused-ring (bicyclic) bond motifs is 1. The van der Waals surface area contributed by atoms with Crippen molar-refractivity contribution in [3.63, 3.8) is 0 Å². The first-order valence-electron chi connectivity index (χ1n) is 9.22. The SMILES string of the molecule is CC1(C)CC(=O)c2sc(NC(=O)C3CC(=O)N(c4ccc(F)c(Cl)c4)C3)nc2C1. The fourth-order valence-corrected chi connectivity index (χ4v) is 4.86. The Morgan fingerprint density at radius 1 is 1.34 bits per heavy atom. The number of nitrogens with one attached hydrogen (secondary N) is 1. The van der Waals surface area contributed by atoms with Gasteiger partial charge in [-0.3, -0.25) is 14.4 Å². The summed E-state index contributed by atoms with van der Waals surface area (Å²) in [6, 6.07) is 4.02. The molecule has 1 aromatic heterocycles. The third-order valence-corrected chi connectivity index (χ3v) is 6.52. The molecule has 29 heavy (non-hydrogen) atoms. The molecule has 4 rings (SSSR count). The number of halogens is 2. The first-order valence-corrected chi connectivity index (χ1v) is 10.4. The van der Waals surface area contributed by atoms with Gasteiger partial charge in [0, 0.05) is 25.1 Å². The van der Waals surface area contributed by atoms with Crippen LogP contribution in [0.5, 0.6) is 0 Å². The lowest BCUT2D eigenvalue weighted by atomic mass is 9.78. The van der Waals surface area contributed by atoms with Crippen LogP contribution in [0.2, 0.25) is 5.02 Å². The largest absolute Gasteiger partial charge is 0.312 e. The Kier molecular flexibility index (Phi) is 4.94. The van der Waals surface area contributed by atoms with Crippen molar-refractivity contribution >= 4 is 51.4 Å². The molecule has 9 heteroatoms. The maximum absolute atomic E-state index is 13.4. The van der Waals surface area contributed by atoms with E-state index in [2.05, 4.69) is 10.3 Å². The van der Waals surface area contributed by atoms with Crippen LogP contribution >= 0.6 is 22.9 Å². The summed E-state index contributed by atoms with van der Waals surface area (Å²) >= 11 is 6.98. The van der Waals surface area contributed by atoms with Gasteiger partial charge in [-0.1, -0.05) is 36.8 Å². The van der Waals surface area contributed by atoms with Crippen LogP contribution in [-0.2, 0) is 16.0 Å². The Bertz CT molecular complexity index is 1040. The van der Waals surface area contributed by atoms with Gasteiger partial charge in [-0.25, -0.2) is 9.37 Å². The van der Waals surface area contributed by atoms with Gasteiger partial charge >= 0.3 is 0 Å². The highest BCUT2D eigenvalue weighted by molar-refractivity contribution is 7.17. The molecule has 1 fully saturated rings. The molecule has 0 bridgehead atoms. The Hall–Kier alpha value is -2.32. The van der Waals surface area contributed by atoms with E-state index in [1.165, 1.54) is 34.4 Å². The van der Waals surface area contributed by atoms with Crippen LogP contribution in [0.3, 0.4) is 0 Å². The van der Waals surface area contributed by atoms with Gasteiger partial charge in [0.1, 0.15) is 5.82 Å². The first-order chi connectivity index (χ1) is 13.6. The van der Waals surface area contributed by atoms with Crippen molar-refractivity contribution in [2.24, 2.45) is 11.3 Å². The standard InChI is InChI=1S/C20H19ClFN3O3S/c1-20(2)7-14-17(15(26)8-20)29-19(23-14)24-18(28)10-5-16(27)25(9-10)11-3-4-13(22)12(21)6-11/h3-4,6,10H,5,7-9H2,1-2H3,(H,23,24,28). The maximum Gasteiger partial charge on any atom is 0.231 e. The smallest absolute Gasteiger partial charge is 0.231 e. The number of thiazole rings is 1. The van der Waals surface area contributed by atoms with Crippen LogP contribution in [-0.4, -0.2) is 29.1 Å². The molecule has 1 atom stereocenters. The van der Waals surface area contributed by atoms with E-state index in [0.717, 1.165) is 5.69 Å². The van der Waals surface area contributed by atoms with Gasteiger partial charge in [0.25, 0.3) is 0 Å². The number of anilines is 2. The lowest BCUT2D eigenvalue weighted by Crippen LogP contribution is -2.28. The molecule has 0 saturated carbocycles. The van der Waals surface area contributed by atoms with E-state index in [1.54, 1.807) is 0 Å². The second kappa shape index (κ2) is 7.18. The Morgan fingerprint density at radius 2 is 2.10 bits per heavy atom. The summed E-state index contributed by atoms with van der Waals surface area (Å²) in [6.07, 6.45) is 1.18. The molecule has 1 saturated heterocycles. The van der Waals surface area contributed by atoms with Crippen LogP contribution in [0.1, 0.15) is 42.1 Å². The van der Waals surface area contributed by atoms with Gasteiger partial charge in [-0.2, -0.15) is 0 Å². The highest BCUT2D eigenvalue weighted by Crippen LogP contribution is 2.38. The predicted octanol–water partition coefficient (Wildman–Crippen LogP) is 4.08. The number of hydrogen-bond donors (Lipinski definition) is 1. The van der Waals surface area contributed by atoms with E-state index < -0.39 is 11.7 Å². The maximum atomic E-state index is 13.4. The molecule has 6 nitrogen and oxygen atoms in total. The molecular formula is C20H19ClFN3O3S. The third-order valence-electron chi connectivity index (χ3n) is 5.18. The van der Waals surface area contributed by atoms with Crippen molar-refractivity contribution in [2.75, 3.05) is 16.8 Å². The van der Waals surface area contributed by atoms with Crippen LogP contribution in [0.4, 0.5) is 15.2 Å². The van der Waals surface area contributed by atoms with Crippen molar-refractivity contribution < 1.29 is 18.8 Å². The number of nitrogens with zero attached hydrogens (tertiary/aromatic N) is 2. The molecule has 2 aliphatic rings. The zero-order valence-corrected chi connectivity index (χ0v) is 17.5. The second-order valence-electron chi connectivity index (χ2n) is 8.23. The lowest BCUT2D eigenvalue weighted by molar-refractivity contribution is -0.122. The normalized spacial score (nSPS) is 20.7. The monoisotopic (exact) mass is 435 g/mol. The van der Waals surface area contributed by atoms with E-state index in [-0.39, 0.29) is 41.0 Å². The Balaban J connectivity index is 1.47. The molecule has 0 radical (unpaired) electrons. The highest BCUT2D eigenvalue weighted by Gasteiger charge is 2.37. The number of carbonyl (C=O) groups excluding carboxylic acids is 3. The summed E-state index contributed by atoms with van der Waals surface area (Å²) in [7, 11) is 0. The zero-order valence-electron chi connectivity index (χ0n) is 15.9. The molecule has 2 aromatic rings. The van der Waals surface area contributed by atoms with Gasteiger partial charge in [-0.15, -0.1) is 0 Å². The van der Waals surface area contributed by atoms with E-state index in [0.29, 0.717) is 28.5 Å². The van der Waals surface area contributed by atoms with Crippen molar-refractivity contribution in [2.45, 2.75) is 33.1 Å². The molecule has 1 aliphatic heterocycles. The number of benzene rings is 1. The van der Waals surface area contributed by atoms with Gasteiger partial charge in [-0.05, 0) is 30.0 Å².